The number of hydrogen-bond acceptors (Lipinski definition) is 7. The van der Waals surface area contributed by atoms with Crippen LogP contribution in [0.15, 0.2) is 17.6 Å². The molecule has 0 saturated heterocycles. The van der Waals surface area contributed by atoms with Gasteiger partial charge in [-0.2, -0.15) is 0 Å². The first-order valence-corrected chi connectivity index (χ1v) is 10.9. The monoisotopic (exact) mass is 383 g/mol. The van der Waals surface area contributed by atoms with E-state index in [0.29, 0.717) is 5.75 Å². The molecule has 1 atom stereocenters. The summed E-state index contributed by atoms with van der Waals surface area (Å²) in [4.78, 5) is 5.59. The number of hydrogen-bond donors (Lipinski definition) is 1. The molecule has 1 N–H and O–H groups in total. The summed E-state index contributed by atoms with van der Waals surface area (Å²) in [7, 11) is -3.30. The van der Waals surface area contributed by atoms with E-state index in [-0.39, 0.29) is 19.6 Å². The Morgan fingerprint density at radius 2 is 2.04 bits per heavy atom. The maximum Gasteiger partial charge on any atom is 0.367 e. The summed E-state index contributed by atoms with van der Waals surface area (Å²) < 4.78 is 29.0. The zero-order valence-corrected chi connectivity index (χ0v) is 16.2. The van der Waals surface area contributed by atoms with Gasteiger partial charge >= 0.3 is 7.60 Å². The number of nitrogens with zero attached hydrogens (tertiary/aromatic N) is 1. The first kappa shape index (κ1) is 18.5. The highest BCUT2D eigenvalue weighted by atomic mass is 32.1. The van der Waals surface area contributed by atoms with Gasteiger partial charge in [-0.05, 0) is 38.0 Å². The molecule has 1 aromatic carbocycles. The number of aliphatic hydroxyl groups is 1. The van der Waals surface area contributed by atoms with Gasteiger partial charge in [0, 0.05) is 16.9 Å². The number of ether oxygens (including phenoxy) is 1. The first-order chi connectivity index (χ1) is 12.0. The van der Waals surface area contributed by atoms with Gasteiger partial charge in [0.1, 0.15) is 5.75 Å². The lowest BCUT2D eigenvalue weighted by molar-refractivity contribution is 0.195. The van der Waals surface area contributed by atoms with E-state index < -0.39 is 13.7 Å². The summed E-state index contributed by atoms with van der Waals surface area (Å²) in [6.07, 6.45) is -0.00886. The Morgan fingerprint density at radius 1 is 1.32 bits per heavy atom. The number of rotatable bonds is 8. The molecule has 0 spiro atoms. The van der Waals surface area contributed by atoms with Crippen LogP contribution in [0.4, 0.5) is 0 Å². The lowest BCUT2D eigenvalue weighted by atomic mass is 9.98. The van der Waals surface area contributed by atoms with E-state index in [1.54, 1.807) is 43.7 Å². The Kier molecular flexibility index (Phi) is 5.61. The van der Waals surface area contributed by atoms with Gasteiger partial charge in [-0.15, -0.1) is 11.3 Å². The van der Waals surface area contributed by atoms with Crippen molar-refractivity contribution in [2.24, 2.45) is 0 Å². The molecular weight excluding hydrogens is 361 g/mol. The van der Waals surface area contributed by atoms with Crippen molar-refractivity contribution in [2.45, 2.75) is 33.3 Å². The van der Waals surface area contributed by atoms with Crippen molar-refractivity contribution in [2.75, 3.05) is 19.6 Å². The molecule has 0 saturated carbocycles. The quantitative estimate of drug-likeness (QED) is 0.582. The van der Waals surface area contributed by atoms with Crippen LogP contribution < -0.4 is 4.74 Å². The van der Waals surface area contributed by atoms with Gasteiger partial charge in [0.25, 0.3) is 0 Å². The largest absolute Gasteiger partial charge is 0.480 e. The average Bonchev–Trinajstić information content (AvgIpc) is 3.13. The number of benzene rings is 1. The highest BCUT2D eigenvalue weighted by molar-refractivity contribution is 7.53. The molecule has 1 unspecified atom stereocenters. The summed E-state index contributed by atoms with van der Waals surface area (Å²) in [5.41, 5.74) is 5.43. The summed E-state index contributed by atoms with van der Waals surface area (Å²) in [6.45, 7) is 5.85. The predicted molar refractivity (Wildman–Crippen MR) is 97.3 cm³/mol. The molecular formula is C17H22NO5PS. The number of aliphatic hydroxyl groups excluding tert-OH is 1. The summed E-state index contributed by atoms with van der Waals surface area (Å²) in [5, 5.41) is 10.1. The first-order valence-electron chi connectivity index (χ1n) is 8.26. The van der Waals surface area contributed by atoms with Crippen molar-refractivity contribution in [3.63, 3.8) is 0 Å². The Balaban J connectivity index is 1.94. The highest BCUT2D eigenvalue weighted by Gasteiger charge is 2.31. The Labute approximate surface area is 151 Å². The fraction of sp³-hybridized carbons (Fsp3) is 0.471. The second-order valence-corrected chi connectivity index (χ2v) is 8.64. The molecule has 1 aliphatic rings. The number of aromatic nitrogens is 1. The minimum Gasteiger partial charge on any atom is -0.480 e. The molecule has 1 aliphatic carbocycles. The van der Waals surface area contributed by atoms with Crippen LogP contribution in [0.3, 0.4) is 0 Å². The summed E-state index contributed by atoms with van der Waals surface area (Å²) in [5.74, 6) is 0.587. The van der Waals surface area contributed by atoms with Crippen molar-refractivity contribution in [1.82, 2.24) is 4.98 Å². The van der Waals surface area contributed by atoms with Crippen LogP contribution >= 0.6 is 18.9 Å². The maximum atomic E-state index is 12.6. The molecule has 1 heterocycles. The van der Waals surface area contributed by atoms with Crippen molar-refractivity contribution >= 4 is 18.9 Å². The van der Waals surface area contributed by atoms with Gasteiger partial charge < -0.3 is 18.9 Å². The van der Waals surface area contributed by atoms with Crippen LogP contribution in [0.1, 0.15) is 42.9 Å². The van der Waals surface area contributed by atoms with Crippen molar-refractivity contribution in [1.29, 1.82) is 0 Å². The summed E-state index contributed by atoms with van der Waals surface area (Å²) in [6, 6.07) is 3.64. The molecule has 0 radical (unpaired) electrons. The van der Waals surface area contributed by atoms with Crippen LogP contribution in [0.25, 0.3) is 11.3 Å². The molecule has 2 aromatic rings. The van der Waals surface area contributed by atoms with E-state index in [1.807, 2.05) is 6.07 Å². The highest BCUT2D eigenvalue weighted by Crippen LogP contribution is 2.50. The third-order valence-electron chi connectivity index (χ3n) is 4.01. The molecule has 6 nitrogen and oxygen atoms in total. The molecule has 8 heteroatoms. The van der Waals surface area contributed by atoms with Gasteiger partial charge in [0.2, 0.25) is 0 Å². The lowest BCUT2D eigenvalue weighted by Crippen LogP contribution is -2.07. The Morgan fingerprint density at radius 3 is 2.68 bits per heavy atom. The number of thiazole rings is 1. The zero-order valence-electron chi connectivity index (χ0n) is 14.5. The predicted octanol–water partition coefficient (Wildman–Crippen LogP) is 4.37. The van der Waals surface area contributed by atoms with Gasteiger partial charge in [0.05, 0.1) is 30.5 Å². The summed E-state index contributed by atoms with van der Waals surface area (Å²) >= 11 is 1.59. The molecule has 1 aromatic heterocycles. The standard InChI is InChI=1S/C17H22NO5PS/c1-4-22-24(20,23-5-2)10-21-14-7-6-12(11(3)19)13-8-15-17(16(13)14)18-9-25-15/h6-7,9,11,19H,4-5,8,10H2,1-3H3. The van der Waals surface area contributed by atoms with E-state index in [1.165, 1.54) is 0 Å². The number of fused-ring (bicyclic) bond motifs is 3. The van der Waals surface area contributed by atoms with Crippen LogP contribution in [0.2, 0.25) is 0 Å². The second-order valence-electron chi connectivity index (χ2n) is 5.70. The van der Waals surface area contributed by atoms with Crippen LogP contribution in [0, 0.1) is 0 Å². The SMILES string of the molecule is CCOP(=O)(COc1ccc(C(C)O)c2c1-c1ncsc1C2)OCC. The molecule has 0 fully saturated rings. The maximum absolute atomic E-state index is 12.6. The van der Waals surface area contributed by atoms with Gasteiger partial charge in [0.15, 0.2) is 6.35 Å². The van der Waals surface area contributed by atoms with Gasteiger partial charge in [-0.1, -0.05) is 6.07 Å². The average molecular weight is 383 g/mol. The molecule has 3 rings (SSSR count). The Hall–Kier alpha value is -1.24. The molecule has 0 amide bonds. The fourth-order valence-electron chi connectivity index (χ4n) is 3.02. The second kappa shape index (κ2) is 7.56. The molecule has 0 aliphatic heterocycles. The van der Waals surface area contributed by atoms with E-state index in [4.69, 9.17) is 13.8 Å². The zero-order chi connectivity index (χ0) is 18.0. The fourth-order valence-corrected chi connectivity index (χ4v) is 5.11. The minimum atomic E-state index is -3.30. The lowest BCUT2D eigenvalue weighted by Gasteiger charge is -2.20. The van der Waals surface area contributed by atoms with E-state index in [0.717, 1.165) is 33.7 Å². The van der Waals surface area contributed by atoms with E-state index in [9.17, 15) is 9.67 Å². The van der Waals surface area contributed by atoms with Gasteiger partial charge in [-0.25, -0.2) is 4.98 Å². The van der Waals surface area contributed by atoms with E-state index >= 15 is 0 Å². The van der Waals surface area contributed by atoms with Crippen molar-refractivity contribution in [3.05, 3.63) is 33.6 Å². The topological polar surface area (TPSA) is 77.9 Å². The Bertz CT molecular complexity index is 794. The van der Waals surface area contributed by atoms with Gasteiger partial charge in [-0.3, -0.25) is 4.57 Å². The van der Waals surface area contributed by atoms with Crippen LogP contribution in [0.5, 0.6) is 5.75 Å². The molecule has 25 heavy (non-hydrogen) atoms. The van der Waals surface area contributed by atoms with Crippen molar-refractivity contribution in [3.8, 4) is 17.0 Å². The molecule has 136 valence electrons. The molecule has 0 bridgehead atoms. The van der Waals surface area contributed by atoms with Crippen LogP contribution in [-0.4, -0.2) is 29.7 Å². The van der Waals surface area contributed by atoms with E-state index in [2.05, 4.69) is 4.98 Å². The third kappa shape index (κ3) is 3.66. The normalized spacial score (nSPS) is 14.2. The van der Waals surface area contributed by atoms with Crippen molar-refractivity contribution < 1.29 is 23.5 Å². The smallest absolute Gasteiger partial charge is 0.367 e. The van der Waals surface area contributed by atoms with Crippen LogP contribution in [-0.2, 0) is 20.0 Å². The minimum absolute atomic E-state index is 0.158. The third-order valence-corrected chi connectivity index (χ3v) is 6.59.